The normalized spacial score (nSPS) is 12.6. The Morgan fingerprint density at radius 3 is 1.67 bits per heavy atom. The molecule has 11 heteroatoms. The van der Waals surface area contributed by atoms with Crippen molar-refractivity contribution in [3.05, 3.63) is 0 Å². The molecule has 0 radical (unpaired) electrons. The zero-order valence-electron chi connectivity index (χ0n) is 8.96. The van der Waals surface area contributed by atoms with Gasteiger partial charge in [0.05, 0.1) is 5.92 Å². The summed E-state index contributed by atoms with van der Waals surface area (Å²) in [6.07, 6.45) is -0.712. The summed E-state index contributed by atoms with van der Waals surface area (Å²) in [5.41, 5.74) is 5.07. The van der Waals surface area contributed by atoms with E-state index in [0.29, 0.717) is 0 Å². The lowest BCUT2D eigenvalue weighted by Crippen LogP contribution is -2.42. The molecular formula is C7H13NO9P+. The van der Waals surface area contributed by atoms with Gasteiger partial charge in [-0.25, -0.2) is 0 Å². The van der Waals surface area contributed by atoms with Crippen molar-refractivity contribution >= 4 is 26.2 Å². The Morgan fingerprint density at radius 2 is 1.44 bits per heavy atom. The minimum Gasteiger partial charge on any atom is -0.481 e. The predicted octanol–water partition coefficient (Wildman–Crippen LogP) is -1.41. The van der Waals surface area contributed by atoms with Crippen molar-refractivity contribution in [1.29, 1.82) is 0 Å². The molecule has 104 valence electrons. The van der Waals surface area contributed by atoms with E-state index in [-0.39, 0.29) is 6.42 Å². The SMILES string of the molecule is NC(C(=O)O)C(CCC(=O)O)C(=O)O.O=[P+](O)O. The number of hydrogen-bond donors (Lipinski definition) is 6. The smallest absolute Gasteiger partial charge is 0.481 e. The number of rotatable bonds is 6. The van der Waals surface area contributed by atoms with Crippen molar-refractivity contribution < 1.29 is 44.1 Å². The molecule has 0 spiro atoms. The van der Waals surface area contributed by atoms with Gasteiger partial charge in [-0.15, -0.1) is 9.79 Å². The first kappa shape index (κ1) is 18.7. The highest BCUT2D eigenvalue weighted by molar-refractivity contribution is 7.30. The van der Waals surface area contributed by atoms with Crippen molar-refractivity contribution in [1.82, 2.24) is 0 Å². The van der Waals surface area contributed by atoms with Crippen LogP contribution in [0.2, 0.25) is 0 Å². The molecule has 0 aliphatic carbocycles. The number of carbonyl (C=O) groups is 3. The second kappa shape index (κ2) is 9.42. The average Bonchev–Trinajstić information content (AvgIpc) is 2.15. The first-order chi connectivity index (χ1) is 8.09. The summed E-state index contributed by atoms with van der Waals surface area (Å²) in [5, 5.41) is 25.3. The quantitative estimate of drug-likeness (QED) is 0.315. The van der Waals surface area contributed by atoms with Gasteiger partial charge >= 0.3 is 26.2 Å². The molecule has 0 amide bonds. The summed E-state index contributed by atoms with van der Waals surface area (Å²) < 4.78 is 8.70. The highest BCUT2D eigenvalue weighted by Gasteiger charge is 2.30. The Morgan fingerprint density at radius 1 is 1.06 bits per heavy atom. The van der Waals surface area contributed by atoms with Crippen molar-refractivity contribution in [2.24, 2.45) is 11.7 Å². The van der Waals surface area contributed by atoms with E-state index in [1.165, 1.54) is 0 Å². The first-order valence-electron chi connectivity index (χ1n) is 4.37. The maximum absolute atomic E-state index is 10.5. The van der Waals surface area contributed by atoms with E-state index >= 15 is 0 Å². The van der Waals surface area contributed by atoms with Gasteiger partial charge in [-0.3, -0.25) is 14.4 Å². The fourth-order valence-corrected chi connectivity index (χ4v) is 0.908. The molecular weight excluding hydrogens is 273 g/mol. The molecule has 10 nitrogen and oxygen atoms in total. The molecule has 0 saturated carbocycles. The fourth-order valence-electron chi connectivity index (χ4n) is 0.908. The summed E-state index contributed by atoms with van der Waals surface area (Å²) in [6, 6.07) is -1.58. The van der Waals surface area contributed by atoms with Gasteiger partial charge in [-0.1, -0.05) is 0 Å². The zero-order valence-corrected chi connectivity index (χ0v) is 9.86. The molecule has 18 heavy (non-hydrogen) atoms. The highest BCUT2D eigenvalue weighted by atomic mass is 31.1. The second-order valence-electron chi connectivity index (χ2n) is 2.99. The van der Waals surface area contributed by atoms with Crippen LogP contribution in [0.1, 0.15) is 12.8 Å². The molecule has 0 aliphatic rings. The van der Waals surface area contributed by atoms with Crippen LogP contribution in [-0.4, -0.2) is 49.1 Å². The molecule has 0 rings (SSSR count). The van der Waals surface area contributed by atoms with Crippen LogP contribution in [0.5, 0.6) is 0 Å². The summed E-state index contributed by atoms with van der Waals surface area (Å²) in [4.78, 5) is 45.3. The molecule has 0 aromatic rings. The van der Waals surface area contributed by atoms with Crippen LogP contribution < -0.4 is 5.73 Å². The van der Waals surface area contributed by atoms with Crippen LogP contribution in [0.3, 0.4) is 0 Å². The van der Waals surface area contributed by atoms with E-state index in [4.69, 9.17) is 35.4 Å². The van der Waals surface area contributed by atoms with Gasteiger partial charge in [0.1, 0.15) is 6.04 Å². The summed E-state index contributed by atoms with van der Waals surface area (Å²) in [7, 11) is -2.87. The van der Waals surface area contributed by atoms with Gasteiger partial charge in [-0.05, 0) is 6.42 Å². The Bertz CT molecular complexity index is 327. The standard InChI is InChI=1S/C7H11NO6.HO3P/c8-5(7(13)14)3(6(11)12)1-2-4(9)10;1-4(2)3/h3,5H,1-2,8H2,(H,9,10)(H,11,12)(H,13,14);(H-,1,2,3)/p+1. The van der Waals surface area contributed by atoms with Crippen LogP contribution >= 0.6 is 8.25 Å². The van der Waals surface area contributed by atoms with Gasteiger partial charge < -0.3 is 21.1 Å². The first-order valence-corrected chi connectivity index (χ1v) is 5.54. The maximum Gasteiger partial charge on any atom is 0.692 e. The Kier molecular flexibility index (Phi) is 9.81. The van der Waals surface area contributed by atoms with Crippen LogP contribution in [0.15, 0.2) is 0 Å². The average molecular weight is 286 g/mol. The van der Waals surface area contributed by atoms with E-state index in [9.17, 15) is 14.4 Å². The lowest BCUT2D eigenvalue weighted by Gasteiger charge is -2.14. The third kappa shape index (κ3) is 10.9. The molecule has 0 bridgehead atoms. The van der Waals surface area contributed by atoms with Crippen LogP contribution in [0.4, 0.5) is 0 Å². The van der Waals surface area contributed by atoms with Gasteiger partial charge in [-0.2, -0.15) is 0 Å². The minimum atomic E-state index is -2.87. The fraction of sp³-hybridized carbons (Fsp3) is 0.571. The molecule has 0 aromatic carbocycles. The monoisotopic (exact) mass is 286 g/mol. The van der Waals surface area contributed by atoms with E-state index in [1.807, 2.05) is 0 Å². The van der Waals surface area contributed by atoms with E-state index in [1.54, 1.807) is 0 Å². The second-order valence-corrected chi connectivity index (χ2v) is 3.50. The van der Waals surface area contributed by atoms with Crippen LogP contribution in [-0.2, 0) is 18.9 Å². The van der Waals surface area contributed by atoms with E-state index in [0.717, 1.165) is 0 Å². The van der Waals surface area contributed by atoms with Crippen molar-refractivity contribution in [3.8, 4) is 0 Å². The van der Waals surface area contributed by atoms with Gasteiger partial charge in [0, 0.05) is 11.0 Å². The van der Waals surface area contributed by atoms with Crippen molar-refractivity contribution in [2.45, 2.75) is 18.9 Å². The maximum atomic E-state index is 10.5. The molecule has 7 N–H and O–H groups in total. The Balaban J connectivity index is 0. The number of hydrogen-bond acceptors (Lipinski definition) is 5. The topological polar surface area (TPSA) is 195 Å². The Hall–Kier alpha value is -1.61. The number of carboxylic acids is 3. The third-order valence-electron chi connectivity index (χ3n) is 1.71. The lowest BCUT2D eigenvalue weighted by atomic mass is 9.95. The lowest BCUT2D eigenvalue weighted by molar-refractivity contribution is -0.150. The molecule has 0 aromatic heterocycles. The number of carboxylic acid groups (broad SMARTS) is 3. The summed E-state index contributed by atoms with van der Waals surface area (Å²) in [5.74, 6) is -5.42. The Labute approximate surface area is 102 Å². The predicted molar refractivity (Wildman–Crippen MR) is 55.7 cm³/mol. The van der Waals surface area contributed by atoms with Crippen LogP contribution in [0.25, 0.3) is 0 Å². The number of nitrogens with two attached hydrogens (primary N) is 1. The van der Waals surface area contributed by atoms with Crippen molar-refractivity contribution in [3.63, 3.8) is 0 Å². The summed E-state index contributed by atoms with van der Waals surface area (Å²) >= 11 is 0. The molecule has 0 heterocycles. The molecule has 2 unspecified atom stereocenters. The van der Waals surface area contributed by atoms with Gasteiger partial charge in [0.15, 0.2) is 0 Å². The summed E-state index contributed by atoms with van der Waals surface area (Å²) in [6.45, 7) is 0. The van der Waals surface area contributed by atoms with Crippen molar-refractivity contribution in [2.75, 3.05) is 0 Å². The molecule has 2 atom stereocenters. The van der Waals surface area contributed by atoms with E-state index in [2.05, 4.69) is 0 Å². The van der Waals surface area contributed by atoms with Crippen LogP contribution in [0, 0.1) is 5.92 Å². The molecule has 0 aliphatic heterocycles. The highest BCUT2D eigenvalue weighted by Crippen LogP contribution is 2.11. The number of aliphatic carboxylic acids is 3. The van der Waals surface area contributed by atoms with Gasteiger partial charge in [0.2, 0.25) is 0 Å². The molecule has 0 fully saturated rings. The third-order valence-corrected chi connectivity index (χ3v) is 1.71. The van der Waals surface area contributed by atoms with E-state index < -0.39 is 44.5 Å². The zero-order chi connectivity index (χ0) is 14.9. The minimum absolute atomic E-state index is 0.294. The van der Waals surface area contributed by atoms with Gasteiger partial charge in [0.25, 0.3) is 0 Å². The molecule has 0 saturated heterocycles. The largest absolute Gasteiger partial charge is 0.692 e.